The zero-order valence-electron chi connectivity index (χ0n) is 9.65. The van der Waals surface area contributed by atoms with Crippen LogP contribution in [-0.4, -0.2) is 27.6 Å². The number of carbonyl (C=O) groups is 1. The summed E-state index contributed by atoms with van der Waals surface area (Å²) in [6.07, 6.45) is 0. The summed E-state index contributed by atoms with van der Waals surface area (Å²) in [5.74, 6) is -0.677. The number of esters is 1. The van der Waals surface area contributed by atoms with Crippen molar-refractivity contribution in [3.63, 3.8) is 0 Å². The van der Waals surface area contributed by atoms with E-state index >= 15 is 0 Å². The summed E-state index contributed by atoms with van der Waals surface area (Å²) in [5.41, 5.74) is 0. The Labute approximate surface area is 119 Å². The summed E-state index contributed by atoms with van der Waals surface area (Å²) in [4.78, 5) is 10.3. The molecule has 5 nitrogen and oxygen atoms in total. The van der Waals surface area contributed by atoms with Gasteiger partial charge >= 0.3 is 16.2 Å². The molecule has 0 aliphatic carbocycles. The second-order valence-electron chi connectivity index (χ2n) is 3.24. The lowest BCUT2D eigenvalue weighted by Gasteiger charge is -2.09. The molecule has 1 rings (SSSR count). The third-order valence-corrected chi connectivity index (χ3v) is 3.48. The Bertz CT molecular complexity index is 588. The first-order valence-electron chi connectivity index (χ1n) is 4.97. The number of hydrogen-bond acceptors (Lipinski definition) is 5. The fraction of sp³-hybridized carbons (Fsp3) is 0.300. The number of carbonyl (C=O) groups excluding carboxylic acids is 1. The van der Waals surface area contributed by atoms with Crippen LogP contribution in [-0.2, 0) is 19.8 Å². The van der Waals surface area contributed by atoms with Crippen molar-refractivity contribution in [3.8, 4) is 5.75 Å². The van der Waals surface area contributed by atoms with Crippen LogP contribution >= 0.6 is 23.2 Å². The molecular weight excluding hydrogens is 322 g/mol. The quantitative estimate of drug-likeness (QED) is 0.613. The first kappa shape index (κ1) is 16.0. The molecule has 0 aliphatic rings. The van der Waals surface area contributed by atoms with Crippen molar-refractivity contribution in [2.45, 2.75) is 11.8 Å². The SMILES string of the molecule is CCOC(=O)COc1cc(Cl)c(S(=O)(=O)F)cc1Cl. The molecule has 0 N–H and O–H groups in total. The number of rotatable bonds is 5. The zero-order valence-corrected chi connectivity index (χ0v) is 12.0. The summed E-state index contributed by atoms with van der Waals surface area (Å²) in [6.45, 7) is 1.39. The lowest BCUT2D eigenvalue weighted by Crippen LogP contribution is -2.14. The van der Waals surface area contributed by atoms with Crippen molar-refractivity contribution in [2.24, 2.45) is 0 Å². The molecule has 0 saturated carbocycles. The molecule has 0 aliphatic heterocycles. The van der Waals surface area contributed by atoms with Gasteiger partial charge in [-0.3, -0.25) is 0 Å². The minimum absolute atomic E-state index is 0.0490. The molecule has 0 radical (unpaired) electrons. The monoisotopic (exact) mass is 330 g/mol. The lowest BCUT2D eigenvalue weighted by atomic mass is 10.3. The molecule has 0 fully saturated rings. The smallest absolute Gasteiger partial charge is 0.344 e. The lowest BCUT2D eigenvalue weighted by molar-refractivity contribution is -0.145. The maximum absolute atomic E-state index is 12.8. The van der Waals surface area contributed by atoms with Gasteiger partial charge in [-0.05, 0) is 13.0 Å². The van der Waals surface area contributed by atoms with Gasteiger partial charge in [0.25, 0.3) is 0 Å². The minimum atomic E-state index is -4.98. The first-order valence-corrected chi connectivity index (χ1v) is 7.11. The summed E-state index contributed by atoms with van der Waals surface area (Å²) in [5, 5.41) is -0.587. The molecule has 0 heterocycles. The van der Waals surface area contributed by atoms with Crippen LogP contribution in [0.2, 0.25) is 10.0 Å². The highest BCUT2D eigenvalue weighted by atomic mass is 35.5. The van der Waals surface area contributed by atoms with E-state index in [0.29, 0.717) is 0 Å². The fourth-order valence-corrected chi connectivity index (χ4v) is 2.41. The van der Waals surface area contributed by atoms with E-state index in [-0.39, 0.29) is 17.4 Å². The minimum Gasteiger partial charge on any atom is -0.480 e. The summed E-state index contributed by atoms with van der Waals surface area (Å²) in [6, 6.07) is 1.81. The molecule has 0 atom stereocenters. The van der Waals surface area contributed by atoms with Gasteiger partial charge in [0.15, 0.2) is 6.61 Å². The predicted octanol–water partition coefficient (Wildman–Crippen LogP) is 2.59. The summed E-state index contributed by atoms with van der Waals surface area (Å²) in [7, 11) is -4.98. The summed E-state index contributed by atoms with van der Waals surface area (Å²) >= 11 is 11.3. The van der Waals surface area contributed by atoms with E-state index in [1.807, 2.05) is 0 Å². The van der Waals surface area contributed by atoms with Crippen molar-refractivity contribution < 1.29 is 26.6 Å². The second kappa shape index (κ2) is 6.40. The molecule has 0 amide bonds. The first-order chi connectivity index (χ1) is 8.75. The second-order valence-corrected chi connectivity index (χ2v) is 5.37. The topological polar surface area (TPSA) is 69.7 Å². The van der Waals surface area contributed by atoms with Crippen LogP contribution in [0.4, 0.5) is 3.89 Å². The predicted molar refractivity (Wildman–Crippen MR) is 66.9 cm³/mol. The van der Waals surface area contributed by atoms with Crippen molar-refractivity contribution >= 4 is 39.4 Å². The number of benzene rings is 1. The van der Waals surface area contributed by atoms with E-state index in [4.69, 9.17) is 27.9 Å². The van der Waals surface area contributed by atoms with Gasteiger partial charge in [0, 0.05) is 6.07 Å². The molecule has 0 unspecified atom stereocenters. The molecular formula is C10H9Cl2FO5S. The van der Waals surface area contributed by atoms with Crippen molar-refractivity contribution in [1.29, 1.82) is 0 Å². The third kappa shape index (κ3) is 4.52. The van der Waals surface area contributed by atoms with Crippen LogP contribution in [0.3, 0.4) is 0 Å². The van der Waals surface area contributed by atoms with Crippen LogP contribution in [0.1, 0.15) is 6.92 Å². The van der Waals surface area contributed by atoms with Crippen molar-refractivity contribution in [3.05, 3.63) is 22.2 Å². The molecule has 0 saturated heterocycles. The third-order valence-electron chi connectivity index (χ3n) is 1.90. The Hall–Kier alpha value is -1.05. The van der Waals surface area contributed by atoms with Crippen LogP contribution < -0.4 is 4.74 Å². The number of halogens is 3. The van der Waals surface area contributed by atoms with Gasteiger partial charge < -0.3 is 9.47 Å². The Balaban J connectivity index is 2.94. The van der Waals surface area contributed by atoms with E-state index in [0.717, 1.165) is 12.1 Å². The largest absolute Gasteiger partial charge is 0.480 e. The van der Waals surface area contributed by atoms with Crippen molar-refractivity contribution in [2.75, 3.05) is 13.2 Å². The van der Waals surface area contributed by atoms with E-state index in [1.165, 1.54) is 0 Å². The van der Waals surface area contributed by atoms with Crippen LogP contribution in [0, 0.1) is 0 Å². The Morgan fingerprint density at radius 2 is 1.95 bits per heavy atom. The van der Waals surface area contributed by atoms with Gasteiger partial charge in [0.05, 0.1) is 16.7 Å². The average Bonchev–Trinajstić information content (AvgIpc) is 2.28. The van der Waals surface area contributed by atoms with E-state index in [1.54, 1.807) is 6.92 Å². The zero-order chi connectivity index (χ0) is 14.6. The molecule has 19 heavy (non-hydrogen) atoms. The van der Waals surface area contributed by atoms with Crippen molar-refractivity contribution in [1.82, 2.24) is 0 Å². The van der Waals surface area contributed by atoms with Gasteiger partial charge in [-0.25, -0.2) is 4.79 Å². The highest BCUT2D eigenvalue weighted by Gasteiger charge is 2.20. The maximum atomic E-state index is 12.8. The van der Waals surface area contributed by atoms with Gasteiger partial charge in [-0.15, -0.1) is 3.89 Å². The Morgan fingerprint density at radius 3 is 2.47 bits per heavy atom. The van der Waals surface area contributed by atoms with E-state index in [2.05, 4.69) is 4.74 Å². The Kier molecular flexibility index (Phi) is 5.39. The normalized spacial score (nSPS) is 11.2. The van der Waals surface area contributed by atoms with Crippen LogP contribution in [0.25, 0.3) is 0 Å². The molecule has 106 valence electrons. The van der Waals surface area contributed by atoms with Crippen LogP contribution in [0.5, 0.6) is 5.75 Å². The fourth-order valence-electron chi connectivity index (χ4n) is 1.15. The van der Waals surface area contributed by atoms with Gasteiger partial charge in [-0.1, -0.05) is 23.2 Å². The van der Waals surface area contributed by atoms with Gasteiger partial charge in [0.1, 0.15) is 10.6 Å². The molecule has 9 heteroatoms. The maximum Gasteiger partial charge on any atom is 0.344 e. The molecule has 0 aromatic heterocycles. The van der Waals surface area contributed by atoms with Crippen LogP contribution in [0.15, 0.2) is 17.0 Å². The average molecular weight is 331 g/mol. The Morgan fingerprint density at radius 1 is 1.32 bits per heavy atom. The molecule has 0 spiro atoms. The van der Waals surface area contributed by atoms with E-state index in [9.17, 15) is 17.1 Å². The number of hydrogen-bond donors (Lipinski definition) is 0. The van der Waals surface area contributed by atoms with Gasteiger partial charge in [0.2, 0.25) is 0 Å². The molecule has 1 aromatic carbocycles. The summed E-state index contributed by atoms with van der Waals surface area (Å²) < 4.78 is 43.9. The highest BCUT2D eigenvalue weighted by molar-refractivity contribution is 7.86. The highest BCUT2D eigenvalue weighted by Crippen LogP contribution is 2.34. The molecule has 0 bridgehead atoms. The molecule has 1 aromatic rings. The van der Waals surface area contributed by atoms with E-state index < -0.39 is 32.7 Å². The standard InChI is InChI=1S/C10H9Cl2FO5S/c1-2-17-10(14)5-18-8-3-7(12)9(4-6(8)11)19(13,15)16/h3-4H,2,5H2,1H3. The number of ether oxygens (including phenoxy) is 2. The van der Waals surface area contributed by atoms with Gasteiger partial charge in [-0.2, -0.15) is 8.42 Å².